The van der Waals surface area contributed by atoms with Gasteiger partial charge in [0, 0.05) is 31.0 Å². The smallest absolute Gasteiger partial charge is 0.263 e. The second-order valence-corrected chi connectivity index (χ2v) is 9.67. The minimum absolute atomic E-state index is 0.0384. The van der Waals surface area contributed by atoms with Gasteiger partial charge in [0.2, 0.25) is 0 Å². The zero-order valence-corrected chi connectivity index (χ0v) is 19.9. The van der Waals surface area contributed by atoms with Crippen molar-refractivity contribution in [2.45, 2.75) is 64.6 Å². The number of carbonyl (C=O) groups excluding carboxylic acids is 2. The summed E-state index contributed by atoms with van der Waals surface area (Å²) in [6, 6.07) is 11.4. The van der Waals surface area contributed by atoms with E-state index >= 15 is 0 Å². The van der Waals surface area contributed by atoms with Crippen LogP contribution in [0.3, 0.4) is 0 Å². The molecule has 2 heterocycles. The van der Waals surface area contributed by atoms with E-state index in [1.54, 1.807) is 13.0 Å². The molecule has 5 nitrogen and oxygen atoms in total. The summed E-state index contributed by atoms with van der Waals surface area (Å²) in [5.74, 6) is 1.68. The topological polar surface area (TPSA) is 55.8 Å². The second kappa shape index (κ2) is 8.78. The minimum atomic E-state index is -0.580. The third-order valence-electron chi connectivity index (χ3n) is 6.55. The summed E-state index contributed by atoms with van der Waals surface area (Å²) in [4.78, 5) is 27.7. The highest BCUT2D eigenvalue weighted by molar-refractivity contribution is 6.31. The predicted octanol–water partition coefficient (Wildman–Crippen LogP) is 5.57. The van der Waals surface area contributed by atoms with Crippen molar-refractivity contribution in [2.24, 2.45) is 0 Å². The highest BCUT2D eigenvalue weighted by Gasteiger charge is 2.44. The van der Waals surface area contributed by atoms with E-state index in [1.165, 1.54) is 0 Å². The lowest BCUT2D eigenvalue weighted by Gasteiger charge is -2.44. The van der Waals surface area contributed by atoms with Crippen LogP contribution < -0.4 is 9.47 Å². The van der Waals surface area contributed by atoms with Crippen LogP contribution in [0.25, 0.3) is 0 Å². The van der Waals surface area contributed by atoms with Crippen LogP contribution in [-0.4, -0.2) is 41.4 Å². The number of hydrogen-bond donors (Lipinski definition) is 0. The number of carbonyl (C=O) groups is 2. The van der Waals surface area contributed by atoms with Crippen molar-refractivity contribution in [2.75, 3.05) is 13.1 Å². The van der Waals surface area contributed by atoms with Crippen LogP contribution in [0.15, 0.2) is 36.4 Å². The molecule has 1 fully saturated rings. The van der Waals surface area contributed by atoms with E-state index in [1.807, 2.05) is 42.2 Å². The maximum atomic E-state index is 13.1. The molecule has 2 aromatic carbocycles. The molecule has 1 unspecified atom stereocenters. The van der Waals surface area contributed by atoms with Crippen molar-refractivity contribution in [1.82, 2.24) is 4.90 Å². The van der Waals surface area contributed by atoms with Gasteiger partial charge in [-0.05, 0) is 49.1 Å². The Morgan fingerprint density at radius 1 is 1.16 bits per heavy atom. The molecule has 6 heteroatoms. The standard InChI is InChI=1S/C26H30ClNO4/c1-16(2)19-7-5-6-8-23(19)31-18(4)25(30)28-11-9-26(10-12-28)15-22(29)20-14-21(27)17(3)13-24(20)32-26/h5-8,13-14,16,18H,9-12,15H2,1-4H3. The third kappa shape index (κ3) is 4.36. The van der Waals surface area contributed by atoms with E-state index in [4.69, 9.17) is 21.1 Å². The van der Waals surface area contributed by atoms with Crippen molar-refractivity contribution in [1.29, 1.82) is 0 Å². The number of ketones is 1. The number of amides is 1. The van der Waals surface area contributed by atoms with E-state index < -0.39 is 11.7 Å². The molecular formula is C26H30ClNO4. The van der Waals surface area contributed by atoms with E-state index in [9.17, 15) is 9.59 Å². The Labute approximate surface area is 194 Å². The van der Waals surface area contributed by atoms with E-state index in [2.05, 4.69) is 13.8 Å². The first-order chi connectivity index (χ1) is 15.2. The van der Waals surface area contributed by atoms with Gasteiger partial charge in [0.05, 0.1) is 12.0 Å². The fourth-order valence-electron chi connectivity index (χ4n) is 4.59. The Morgan fingerprint density at radius 2 is 1.84 bits per heavy atom. The average Bonchev–Trinajstić information content (AvgIpc) is 2.75. The number of aryl methyl sites for hydroxylation is 1. The van der Waals surface area contributed by atoms with E-state index in [0.717, 1.165) is 16.9 Å². The third-order valence-corrected chi connectivity index (χ3v) is 6.96. The SMILES string of the molecule is Cc1cc2c(cc1Cl)C(=O)CC1(CCN(C(=O)C(C)Oc3ccccc3C(C)C)CC1)O2. The number of likely N-dealkylation sites (tertiary alicyclic amines) is 1. The molecule has 4 rings (SSSR count). The van der Waals surface area contributed by atoms with Crippen molar-refractivity contribution in [3.05, 3.63) is 58.1 Å². The fraction of sp³-hybridized carbons (Fsp3) is 0.462. The van der Waals surface area contributed by atoms with Crippen LogP contribution in [0, 0.1) is 6.92 Å². The summed E-state index contributed by atoms with van der Waals surface area (Å²) < 4.78 is 12.4. The predicted molar refractivity (Wildman–Crippen MR) is 125 cm³/mol. The van der Waals surface area contributed by atoms with E-state index in [-0.39, 0.29) is 11.7 Å². The van der Waals surface area contributed by atoms with Gasteiger partial charge >= 0.3 is 0 Å². The molecule has 2 aromatic rings. The maximum Gasteiger partial charge on any atom is 0.263 e. The molecule has 1 saturated heterocycles. The van der Waals surface area contributed by atoms with E-state index in [0.29, 0.717) is 54.6 Å². The molecule has 1 amide bonds. The van der Waals surface area contributed by atoms with Crippen LogP contribution >= 0.6 is 11.6 Å². The summed E-state index contributed by atoms with van der Waals surface area (Å²) in [5.41, 5.74) is 1.97. The fourth-order valence-corrected chi connectivity index (χ4v) is 4.75. The van der Waals surface area contributed by atoms with Crippen molar-refractivity contribution in [3.8, 4) is 11.5 Å². The summed E-state index contributed by atoms with van der Waals surface area (Å²) in [6.07, 6.45) is 0.959. The first-order valence-electron chi connectivity index (χ1n) is 11.3. The maximum absolute atomic E-state index is 13.1. The van der Waals surface area contributed by atoms with Crippen molar-refractivity contribution >= 4 is 23.3 Å². The van der Waals surface area contributed by atoms with Crippen LogP contribution in [0.4, 0.5) is 0 Å². The van der Waals surface area contributed by atoms with Crippen molar-refractivity contribution < 1.29 is 19.1 Å². The number of ether oxygens (including phenoxy) is 2. The number of nitrogens with zero attached hydrogens (tertiary/aromatic N) is 1. The summed E-state index contributed by atoms with van der Waals surface area (Å²) >= 11 is 6.19. The number of rotatable bonds is 4. The molecule has 0 radical (unpaired) electrons. The van der Waals surface area contributed by atoms with Gasteiger partial charge in [0.25, 0.3) is 5.91 Å². The minimum Gasteiger partial charge on any atom is -0.486 e. The molecule has 0 aromatic heterocycles. The van der Waals surface area contributed by atoms with Gasteiger partial charge in [-0.15, -0.1) is 0 Å². The highest BCUT2D eigenvalue weighted by atomic mass is 35.5. The zero-order chi connectivity index (χ0) is 23.0. The molecule has 0 bridgehead atoms. The summed E-state index contributed by atoms with van der Waals surface area (Å²) in [7, 11) is 0. The normalized spacial score (nSPS) is 18.3. The number of para-hydroxylation sites is 1. The Kier molecular flexibility index (Phi) is 6.22. The van der Waals surface area contributed by atoms with Gasteiger partial charge < -0.3 is 14.4 Å². The number of halogens is 1. The monoisotopic (exact) mass is 455 g/mol. The summed E-state index contributed by atoms with van der Waals surface area (Å²) in [6.45, 7) is 8.99. The molecule has 1 atom stereocenters. The lowest BCUT2D eigenvalue weighted by atomic mass is 9.82. The molecule has 0 aliphatic carbocycles. The molecule has 170 valence electrons. The number of fused-ring (bicyclic) bond motifs is 1. The number of piperidine rings is 1. The molecule has 32 heavy (non-hydrogen) atoms. The van der Waals surface area contributed by atoms with Gasteiger partial charge in [0.1, 0.15) is 17.1 Å². The van der Waals surface area contributed by atoms with Gasteiger partial charge in [-0.25, -0.2) is 0 Å². The summed E-state index contributed by atoms with van der Waals surface area (Å²) in [5, 5.41) is 0.574. The van der Waals surface area contributed by atoms with Gasteiger partial charge in [-0.3, -0.25) is 9.59 Å². The molecule has 2 aliphatic rings. The Morgan fingerprint density at radius 3 is 2.53 bits per heavy atom. The van der Waals surface area contributed by atoms with Crippen LogP contribution in [0.2, 0.25) is 5.02 Å². The van der Waals surface area contributed by atoms with Crippen LogP contribution in [-0.2, 0) is 4.79 Å². The molecule has 2 aliphatic heterocycles. The Bertz CT molecular complexity index is 1040. The first kappa shape index (κ1) is 22.7. The average molecular weight is 456 g/mol. The van der Waals surface area contributed by atoms with Gasteiger partial charge in [-0.2, -0.15) is 0 Å². The lowest BCUT2D eigenvalue weighted by Crippen LogP contribution is -2.54. The molecule has 0 N–H and O–H groups in total. The van der Waals surface area contributed by atoms with Crippen LogP contribution in [0.1, 0.15) is 67.4 Å². The first-order valence-corrected chi connectivity index (χ1v) is 11.6. The van der Waals surface area contributed by atoms with Gasteiger partial charge in [-0.1, -0.05) is 43.6 Å². The molecule has 1 spiro atoms. The Balaban J connectivity index is 1.42. The lowest BCUT2D eigenvalue weighted by molar-refractivity contribution is -0.141. The van der Waals surface area contributed by atoms with Crippen LogP contribution in [0.5, 0.6) is 11.5 Å². The molecule has 0 saturated carbocycles. The zero-order valence-electron chi connectivity index (χ0n) is 19.1. The number of Topliss-reactive ketones (excluding diaryl/α,β-unsaturated/α-hetero) is 1. The number of hydrogen-bond acceptors (Lipinski definition) is 4. The second-order valence-electron chi connectivity index (χ2n) is 9.26. The molecular weight excluding hydrogens is 426 g/mol. The highest BCUT2D eigenvalue weighted by Crippen LogP contribution is 2.41. The number of benzene rings is 2. The van der Waals surface area contributed by atoms with Gasteiger partial charge in [0.15, 0.2) is 11.9 Å². The Hall–Kier alpha value is -2.53. The van der Waals surface area contributed by atoms with Crippen molar-refractivity contribution in [3.63, 3.8) is 0 Å². The quantitative estimate of drug-likeness (QED) is 0.605. The largest absolute Gasteiger partial charge is 0.486 e.